The Bertz CT molecular complexity index is 216. The molecule has 0 amide bonds. The minimum absolute atomic E-state index is 0. The molecule has 2 unspecified atom stereocenters. The van der Waals surface area contributed by atoms with Gasteiger partial charge in [0, 0.05) is 5.54 Å². The van der Waals surface area contributed by atoms with Gasteiger partial charge in [-0.2, -0.15) is 0 Å². The van der Waals surface area contributed by atoms with Gasteiger partial charge in [-0.05, 0) is 25.7 Å². The SMILES string of the molecule is Br.CCCCCCCCCCCCCCC(C)C(C)(N)CC. The second kappa shape index (κ2) is 16.3. The fourth-order valence-electron chi connectivity index (χ4n) is 2.97. The van der Waals surface area contributed by atoms with Crippen LogP contribution in [0.5, 0.6) is 0 Å². The van der Waals surface area contributed by atoms with E-state index in [1.54, 1.807) is 0 Å². The average Bonchev–Trinajstić information content (AvgIpc) is 2.48. The highest BCUT2D eigenvalue weighted by Gasteiger charge is 2.23. The van der Waals surface area contributed by atoms with Crippen molar-refractivity contribution in [1.82, 2.24) is 0 Å². The number of hydrogen-bond donors (Lipinski definition) is 1. The largest absolute Gasteiger partial charge is 0.325 e. The standard InChI is InChI=1S/C20H43N.BrH/c1-5-7-8-9-10-11-12-13-14-15-16-17-18-19(3)20(4,21)6-2;/h19H,5-18,21H2,1-4H3;1H. The first kappa shape index (κ1) is 24.7. The van der Waals surface area contributed by atoms with Crippen LogP contribution in [0.15, 0.2) is 0 Å². The molecule has 0 rings (SSSR count). The molecule has 22 heavy (non-hydrogen) atoms. The zero-order valence-corrected chi connectivity index (χ0v) is 17.7. The molecule has 0 fully saturated rings. The summed E-state index contributed by atoms with van der Waals surface area (Å²) in [5, 5.41) is 0. The lowest BCUT2D eigenvalue weighted by molar-refractivity contribution is 0.282. The van der Waals surface area contributed by atoms with Crippen LogP contribution in [0.1, 0.15) is 118 Å². The van der Waals surface area contributed by atoms with Crippen LogP contribution >= 0.6 is 17.0 Å². The van der Waals surface area contributed by atoms with Gasteiger partial charge in [-0.25, -0.2) is 0 Å². The van der Waals surface area contributed by atoms with Crippen LogP contribution in [0, 0.1) is 5.92 Å². The smallest absolute Gasteiger partial charge is 0.0149 e. The second-order valence-electron chi connectivity index (χ2n) is 7.44. The van der Waals surface area contributed by atoms with Gasteiger partial charge in [-0.3, -0.25) is 0 Å². The van der Waals surface area contributed by atoms with Gasteiger partial charge in [0.2, 0.25) is 0 Å². The van der Waals surface area contributed by atoms with Crippen LogP contribution in [-0.2, 0) is 0 Å². The number of halogens is 1. The van der Waals surface area contributed by atoms with Crippen molar-refractivity contribution in [2.75, 3.05) is 0 Å². The van der Waals surface area contributed by atoms with Gasteiger partial charge < -0.3 is 5.73 Å². The van der Waals surface area contributed by atoms with E-state index in [9.17, 15) is 0 Å². The molecule has 0 bridgehead atoms. The van der Waals surface area contributed by atoms with Crippen molar-refractivity contribution in [3.8, 4) is 0 Å². The third-order valence-corrected chi connectivity index (χ3v) is 5.38. The topological polar surface area (TPSA) is 26.0 Å². The van der Waals surface area contributed by atoms with Gasteiger partial charge in [-0.1, -0.05) is 97.8 Å². The Morgan fingerprint density at radius 1 is 0.727 bits per heavy atom. The molecule has 0 aliphatic carbocycles. The lowest BCUT2D eigenvalue weighted by Gasteiger charge is -2.30. The summed E-state index contributed by atoms with van der Waals surface area (Å²) in [5.41, 5.74) is 6.34. The average molecular weight is 378 g/mol. The zero-order valence-electron chi connectivity index (χ0n) is 16.0. The van der Waals surface area contributed by atoms with E-state index in [2.05, 4.69) is 27.7 Å². The Hall–Kier alpha value is 0.440. The number of hydrogen-bond acceptors (Lipinski definition) is 1. The zero-order chi connectivity index (χ0) is 16.0. The van der Waals surface area contributed by atoms with E-state index in [1.165, 1.54) is 83.5 Å². The van der Waals surface area contributed by atoms with E-state index >= 15 is 0 Å². The lowest BCUT2D eigenvalue weighted by atomic mass is 9.82. The molecule has 0 aliphatic heterocycles. The van der Waals surface area contributed by atoms with Crippen molar-refractivity contribution in [3.05, 3.63) is 0 Å². The van der Waals surface area contributed by atoms with E-state index in [-0.39, 0.29) is 22.5 Å². The summed E-state index contributed by atoms with van der Waals surface area (Å²) < 4.78 is 0. The van der Waals surface area contributed by atoms with E-state index in [4.69, 9.17) is 5.73 Å². The maximum absolute atomic E-state index is 6.30. The number of unbranched alkanes of at least 4 members (excludes halogenated alkanes) is 11. The summed E-state index contributed by atoms with van der Waals surface area (Å²) in [6, 6.07) is 0. The number of nitrogens with two attached hydrogens (primary N) is 1. The first-order chi connectivity index (χ1) is 10.0. The normalized spacial score (nSPS) is 15.1. The maximum atomic E-state index is 6.30. The first-order valence-corrected chi connectivity index (χ1v) is 9.83. The summed E-state index contributed by atoms with van der Waals surface area (Å²) in [6.45, 7) is 9.02. The van der Waals surface area contributed by atoms with Crippen molar-refractivity contribution >= 4 is 17.0 Å². The van der Waals surface area contributed by atoms with Gasteiger partial charge in [0.05, 0.1) is 0 Å². The van der Waals surface area contributed by atoms with Crippen LogP contribution in [0.4, 0.5) is 0 Å². The minimum Gasteiger partial charge on any atom is -0.325 e. The van der Waals surface area contributed by atoms with Gasteiger partial charge in [-0.15, -0.1) is 17.0 Å². The molecule has 2 heteroatoms. The molecular weight excluding hydrogens is 334 g/mol. The molecular formula is C20H44BrN. The minimum atomic E-state index is 0. The molecule has 0 radical (unpaired) electrons. The van der Waals surface area contributed by atoms with Gasteiger partial charge in [0.25, 0.3) is 0 Å². The van der Waals surface area contributed by atoms with Crippen LogP contribution in [0.2, 0.25) is 0 Å². The Balaban J connectivity index is 0. The van der Waals surface area contributed by atoms with Crippen LogP contribution in [0.3, 0.4) is 0 Å². The Kier molecular flexibility index (Phi) is 18.3. The van der Waals surface area contributed by atoms with Crippen LogP contribution in [-0.4, -0.2) is 5.54 Å². The van der Waals surface area contributed by atoms with Crippen molar-refractivity contribution in [1.29, 1.82) is 0 Å². The molecule has 0 aliphatic rings. The summed E-state index contributed by atoms with van der Waals surface area (Å²) in [7, 11) is 0. The van der Waals surface area contributed by atoms with E-state index in [0.717, 1.165) is 6.42 Å². The third-order valence-electron chi connectivity index (χ3n) is 5.38. The summed E-state index contributed by atoms with van der Waals surface area (Å²) in [6.07, 6.45) is 19.6. The van der Waals surface area contributed by atoms with Gasteiger partial charge in [0.15, 0.2) is 0 Å². The Morgan fingerprint density at radius 3 is 1.45 bits per heavy atom. The van der Waals surface area contributed by atoms with Crippen molar-refractivity contribution in [2.24, 2.45) is 11.7 Å². The van der Waals surface area contributed by atoms with E-state index in [1.807, 2.05) is 0 Å². The summed E-state index contributed by atoms with van der Waals surface area (Å²) in [5.74, 6) is 0.658. The number of rotatable bonds is 15. The molecule has 0 aromatic heterocycles. The highest BCUT2D eigenvalue weighted by atomic mass is 79.9. The second-order valence-corrected chi connectivity index (χ2v) is 7.44. The quantitative estimate of drug-likeness (QED) is 0.295. The molecule has 136 valence electrons. The molecule has 0 spiro atoms. The fourth-order valence-corrected chi connectivity index (χ4v) is 2.97. The lowest BCUT2D eigenvalue weighted by Crippen LogP contribution is -2.42. The predicted octanol–water partition coefficient (Wildman–Crippen LogP) is 7.42. The van der Waals surface area contributed by atoms with Crippen molar-refractivity contribution in [3.63, 3.8) is 0 Å². The maximum Gasteiger partial charge on any atom is 0.0149 e. The monoisotopic (exact) mass is 377 g/mol. The van der Waals surface area contributed by atoms with E-state index < -0.39 is 0 Å². The van der Waals surface area contributed by atoms with Crippen LogP contribution in [0.25, 0.3) is 0 Å². The Morgan fingerprint density at radius 2 is 1.09 bits per heavy atom. The molecule has 2 N–H and O–H groups in total. The van der Waals surface area contributed by atoms with Crippen LogP contribution < -0.4 is 5.73 Å². The van der Waals surface area contributed by atoms with Crippen molar-refractivity contribution in [2.45, 2.75) is 123 Å². The van der Waals surface area contributed by atoms with Gasteiger partial charge in [0.1, 0.15) is 0 Å². The molecule has 0 saturated heterocycles. The highest BCUT2D eigenvalue weighted by molar-refractivity contribution is 8.93. The molecule has 0 aromatic carbocycles. The summed E-state index contributed by atoms with van der Waals surface area (Å²) in [4.78, 5) is 0. The molecule has 0 heterocycles. The predicted molar refractivity (Wildman–Crippen MR) is 108 cm³/mol. The highest BCUT2D eigenvalue weighted by Crippen LogP contribution is 2.23. The fraction of sp³-hybridized carbons (Fsp3) is 1.00. The van der Waals surface area contributed by atoms with E-state index in [0.29, 0.717) is 5.92 Å². The van der Waals surface area contributed by atoms with Gasteiger partial charge >= 0.3 is 0 Å². The molecule has 0 saturated carbocycles. The third kappa shape index (κ3) is 14.1. The molecule has 1 nitrogen and oxygen atoms in total. The molecule has 2 atom stereocenters. The molecule has 0 aromatic rings. The Labute approximate surface area is 152 Å². The van der Waals surface area contributed by atoms with Crippen molar-refractivity contribution < 1.29 is 0 Å². The first-order valence-electron chi connectivity index (χ1n) is 9.83. The summed E-state index contributed by atoms with van der Waals surface area (Å²) >= 11 is 0.